The first-order valence-electron chi connectivity index (χ1n) is 5.95. The minimum Gasteiger partial charge on any atom is -0.497 e. The minimum absolute atomic E-state index is 0.174. The molecule has 2 rings (SSSR count). The lowest BCUT2D eigenvalue weighted by atomic mass is 10.1. The normalized spacial score (nSPS) is 12.0. The van der Waals surface area contributed by atoms with E-state index in [-0.39, 0.29) is 6.04 Å². The van der Waals surface area contributed by atoms with Crippen molar-refractivity contribution in [3.63, 3.8) is 0 Å². The maximum absolute atomic E-state index is 5.94. The molecule has 0 saturated carbocycles. The number of rotatable bonds is 4. The van der Waals surface area contributed by atoms with E-state index in [1.54, 1.807) is 7.11 Å². The summed E-state index contributed by atoms with van der Waals surface area (Å²) in [5.74, 6) is 0.862. The van der Waals surface area contributed by atoms with Gasteiger partial charge in [-0.05, 0) is 58.7 Å². The predicted octanol–water partition coefficient (Wildman–Crippen LogP) is 5.28. The molecule has 2 nitrogen and oxygen atoms in total. The van der Waals surface area contributed by atoms with Crippen molar-refractivity contribution in [3.8, 4) is 5.75 Å². The summed E-state index contributed by atoms with van der Waals surface area (Å²) in [7, 11) is 1.67. The smallest absolute Gasteiger partial charge is 0.119 e. The fraction of sp³-hybridized carbons (Fsp3) is 0.200. The van der Waals surface area contributed by atoms with Gasteiger partial charge in [0.05, 0.1) is 7.11 Å². The van der Waals surface area contributed by atoms with Gasteiger partial charge in [-0.25, -0.2) is 0 Å². The van der Waals surface area contributed by atoms with Gasteiger partial charge in [-0.1, -0.05) is 23.7 Å². The fourth-order valence-corrected chi connectivity index (χ4v) is 2.63. The third kappa shape index (κ3) is 3.64. The highest BCUT2D eigenvalue weighted by molar-refractivity contribution is 9.10. The lowest BCUT2D eigenvalue weighted by Gasteiger charge is -2.17. The largest absolute Gasteiger partial charge is 0.497 e. The van der Waals surface area contributed by atoms with E-state index in [0.717, 1.165) is 15.9 Å². The van der Waals surface area contributed by atoms with Crippen LogP contribution < -0.4 is 10.1 Å². The molecule has 0 spiro atoms. The number of hydrogen-bond acceptors (Lipinski definition) is 2. The lowest BCUT2D eigenvalue weighted by Crippen LogP contribution is -2.07. The van der Waals surface area contributed by atoms with Crippen LogP contribution in [-0.2, 0) is 0 Å². The second kappa shape index (κ2) is 6.31. The van der Waals surface area contributed by atoms with Gasteiger partial charge in [0.25, 0.3) is 0 Å². The summed E-state index contributed by atoms with van der Waals surface area (Å²) in [5.41, 5.74) is 2.18. The molecule has 1 atom stereocenters. The van der Waals surface area contributed by atoms with Gasteiger partial charge in [0.15, 0.2) is 0 Å². The molecule has 100 valence electrons. The highest BCUT2D eigenvalue weighted by Crippen LogP contribution is 2.29. The zero-order valence-corrected chi connectivity index (χ0v) is 13.1. The topological polar surface area (TPSA) is 21.3 Å². The van der Waals surface area contributed by atoms with Crippen molar-refractivity contribution in [2.24, 2.45) is 0 Å². The highest BCUT2D eigenvalue weighted by atomic mass is 79.9. The molecule has 0 aliphatic rings. The van der Waals surface area contributed by atoms with E-state index in [2.05, 4.69) is 34.2 Å². The van der Waals surface area contributed by atoms with Crippen LogP contribution in [0.3, 0.4) is 0 Å². The van der Waals surface area contributed by atoms with Gasteiger partial charge < -0.3 is 10.1 Å². The monoisotopic (exact) mass is 339 g/mol. The Morgan fingerprint density at radius 3 is 2.68 bits per heavy atom. The van der Waals surface area contributed by atoms with E-state index >= 15 is 0 Å². The van der Waals surface area contributed by atoms with Gasteiger partial charge in [-0.2, -0.15) is 0 Å². The van der Waals surface area contributed by atoms with Gasteiger partial charge in [0, 0.05) is 21.2 Å². The molecule has 0 heterocycles. The van der Waals surface area contributed by atoms with Crippen LogP contribution in [0.2, 0.25) is 5.02 Å². The van der Waals surface area contributed by atoms with Crippen LogP contribution in [0.25, 0.3) is 0 Å². The maximum Gasteiger partial charge on any atom is 0.119 e. The Morgan fingerprint density at radius 1 is 1.21 bits per heavy atom. The Kier molecular flexibility index (Phi) is 4.72. The van der Waals surface area contributed by atoms with Crippen molar-refractivity contribution in [2.45, 2.75) is 13.0 Å². The van der Waals surface area contributed by atoms with Crippen LogP contribution in [0.4, 0.5) is 5.69 Å². The Balaban J connectivity index is 2.17. The number of nitrogens with one attached hydrogen (secondary N) is 1. The number of benzene rings is 2. The van der Waals surface area contributed by atoms with E-state index in [1.807, 2.05) is 36.4 Å². The van der Waals surface area contributed by atoms with Gasteiger partial charge >= 0.3 is 0 Å². The Labute approximate surface area is 126 Å². The van der Waals surface area contributed by atoms with Crippen LogP contribution in [-0.4, -0.2) is 7.11 Å². The standard InChI is InChI=1S/C15H15BrClNO/c1-10(11-4-3-5-13(8-11)19-2)18-15-7-6-12(17)9-14(15)16/h3-10,18H,1-2H3. The first-order valence-corrected chi connectivity index (χ1v) is 7.13. The molecule has 0 fully saturated rings. The van der Waals surface area contributed by atoms with Crippen molar-refractivity contribution >= 4 is 33.2 Å². The van der Waals surface area contributed by atoms with Crippen molar-refractivity contribution in [1.82, 2.24) is 0 Å². The zero-order valence-electron chi connectivity index (χ0n) is 10.8. The molecule has 0 aliphatic carbocycles. The summed E-state index contributed by atoms with van der Waals surface area (Å²) in [6.07, 6.45) is 0. The highest BCUT2D eigenvalue weighted by Gasteiger charge is 2.08. The third-order valence-electron chi connectivity index (χ3n) is 2.90. The van der Waals surface area contributed by atoms with Gasteiger partial charge in [-0.3, -0.25) is 0 Å². The molecule has 0 aromatic heterocycles. The summed E-state index contributed by atoms with van der Waals surface area (Å²) in [4.78, 5) is 0. The van der Waals surface area contributed by atoms with E-state index in [1.165, 1.54) is 5.56 Å². The molecule has 2 aromatic rings. The summed E-state index contributed by atoms with van der Waals surface area (Å²) < 4.78 is 6.19. The molecular weight excluding hydrogens is 326 g/mol. The molecule has 1 N–H and O–H groups in total. The van der Waals surface area contributed by atoms with Crippen LogP contribution in [0.1, 0.15) is 18.5 Å². The Hall–Kier alpha value is -1.19. The number of halogens is 2. The van der Waals surface area contributed by atoms with Gasteiger partial charge in [-0.15, -0.1) is 0 Å². The molecule has 4 heteroatoms. The van der Waals surface area contributed by atoms with Crippen LogP contribution in [0, 0.1) is 0 Å². The molecule has 0 saturated heterocycles. The van der Waals surface area contributed by atoms with Crippen molar-refractivity contribution in [1.29, 1.82) is 0 Å². The average molecular weight is 341 g/mol. The zero-order chi connectivity index (χ0) is 13.8. The third-order valence-corrected chi connectivity index (χ3v) is 3.79. The lowest BCUT2D eigenvalue weighted by molar-refractivity contribution is 0.414. The maximum atomic E-state index is 5.94. The molecule has 0 aliphatic heterocycles. The quantitative estimate of drug-likeness (QED) is 0.817. The van der Waals surface area contributed by atoms with Crippen molar-refractivity contribution in [3.05, 3.63) is 57.5 Å². The molecule has 1 unspecified atom stereocenters. The predicted molar refractivity (Wildman–Crippen MR) is 84.2 cm³/mol. The van der Waals surface area contributed by atoms with Crippen LogP contribution in [0.15, 0.2) is 46.9 Å². The van der Waals surface area contributed by atoms with Crippen LogP contribution in [0.5, 0.6) is 5.75 Å². The van der Waals surface area contributed by atoms with E-state index < -0.39 is 0 Å². The molecule has 2 aromatic carbocycles. The first kappa shape index (κ1) is 14.2. The van der Waals surface area contributed by atoms with Gasteiger partial charge in [0.2, 0.25) is 0 Å². The molecule has 0 amide bonds. The Morgan fingerprint density at radius 2 is 2.00 bits per heavy atom. The number of methoxy groups -OCH3 is 1. The molecule has 0 radical (unpaired) electrons. The summed E-state index contributed by atoms with van der Waals surface area (Å²) in [5, 5.41) is 4.16. The fourth-order valence-electron chi connectivity index (χ4n) is 1.83. The summed E-state index contributed by atoms with van der Waals surface area (Å²) in [6.45, 7) is 2.11. The van der Waals surface area contributed by atoms with Gasteiger partial charge in [0.1, 0.15) is 5.75 Å². The van der Waals surface area contributed by atoms with E-state index in [4.69, 9.17) is 16.3 Å². The first-order chi connectivity index (χ1) is 9.10. The summed E-state index contributed by atoms with van der Waals surface area (Å²) >= 11 is 9.44. The molecular formula is C15H15BrClNO. The van der Waals surface area contributed by atoms with Crippen molar-refractivity contribution < 1.29 is 4.74 Å². The van der Waals surface area contributed by atoms with Crippen molar-refractivity contribution in [2.75, 3.05) is 12.4 Å². The second-order valence-corrected chi connectivity index (χ2v) is 5.56. The minimum atomic E-state index is 0.174. The van der Waals surface area contributed by atoms with E-state index in [0.29, 0.717) is 5.02 Å². The SMILES string of the molecule is COc1cccc(C(C)Nc2ccc(Cl)cc2Br)c1. The number of hydrogen-bond donors (Lipinski definition) is 1. The van der Waals surface area contributed by atoms with Crippen LogP contribution >= 0.6 is 27.5 Å². The molecule has 19 heavy (non-hydrogen) atoms. The average Bonchev–Trinajstić information content (AvgIpc) is 2.42. The number of ether oxygens (including phenoxy) is 1. The summed E-state index contributed by atoms with van der Waals surface area (Å²) in [6, 6.07) is 13.9. The van der Waals surface area contributed by atoms with E-state index in [9.17, 15) is 0 Å². The number of anilines is 1. The second-order valence-electron chi connectivity index (χ2n) is 4.27. The molecule has 0 bridgehead atoms. The Bertz CT molecular complexity index is 574.